The summed E-state index contributed by atoms with van der Waals surface area (Å²) in [4.78, 5) is 7.04. The molecule has 0 spiro atoms. The van der Waals surface area contributed by atoms with Crippen LogP contribution < -0.4 is 5.32 Å². The molecule has 94 valence electrons. The molecule has 0 atom stereocenters. The van der Waals surface area contributed by atoms with E-state index >= 15 is 0 Å². The lowest BCUT2D eigenvalue weighted by Gasteiger charge is -2.26. The first-order valence-corrected chi connectivity index (χ1v) is 6.70. The summed E-state index contributed by atoms with van der Waals surface area (Å²) < 4.78 is 0. The van der Waals surface area contributed by atoms with E-state index in [2.05, 4.69) is 27.3 Å². The van der Waals surface area contributed by atoms with Crippen LogP contribution >= 0.6 is 0 Å². The molecule has 3 nitrogen and oxygen atoms in total. The molecular formula is C14H23N3. The summed E-state index contributed by atoms with van der Waals surface area (Å²) in [6, 6.07) is 6.20. The molecule has 0 aromatic carbocycles. The van der Waals surface area contributed by atoms with Crippen LogP contribution in [0.4, 0.5) is 0 Å². The summed E-state index contributed by atoms with van der Waals surface area (Å²) in [7, 11) is 0. The first kappa shape index (κ1) is 12.5. The van der Waals surface area contributed by atoms with Crippen molar-refractivity contribution in [3.8, 4) is 0 Å². The zero-order valence-corrected chi connectivity index (χ0v) is 10.8. The van der Waals surface area contributed by atoms with E-state index in [1.807, 2.05) is 13.0 Å². The Morgan fingerprint density at radius 2 is 2.06 bits per heavy atom. The normalized spacial score (nSPS) is 17.2. The quantitative estimate of drug-likeness (QED) is 0.788. The van der Waals surface area contributed by atoms with Gasteiger partial charge in [0.25, 0.3) is 0 Å². The zero-order valence-electron chi connectivity index (χ0n) is 10.8. The number of pyridine rings is 1. The molecule has 1 aliphatic heterocycles. The van der Waals surface area contributed by atoms with E-state index in [0.29, 0.717) is 0 Å². The van der Waals surface area contributed by atoms with Gasteiger partial charge in [0.2, 0.25) is 0 Å². The summed E-state index contributed by atoms with van der Waals surface area (Å²) in [6.07, 6.45) is 4.16. The number of nitrogens with one attached hydrogen (secondary N) is 1. The van der Waals surface area contributed by atoms with Crippen molar-refractivity contribution in [2.75, 3.05) is 26.2 Å². The van der Waals surface area contributed by atoms with E-state index in [9.17, 15) is 0 Å². The number of nitrogens with zero attached hydrogens (tertiary/aromatic N) is 2. The van der Waals surface area contributed by atoms with Gasteiger partial charge in [0.1, 0.15) is 0 Å². The van der Waals surface area contributed by atoms with E-state index < -0.39 is 0 Å². The molecule has 0 bridgehead atoms. The predicted molar refractivity (Wildman–Crippen MR) is 71.0 cm³/mol. The minimum Gasteiger partial charge on any atom is -0.310 e. The van der Waals surface area contributed by atoms with E-state index in [-0.39, 0.29) is 0 Å². The second-order valence-electron chi connectivity index (χ2n) is 4.85. The number of aromatic nitrogens is 1. The zero-order chi connectivity index (χ0) is 11.9. The van der Waals surface area contributed by atoms with Gasteiger partial charge in [-0.05, 0) is 45.0 Å². The maximum Gasteiger partial charge on any atom is 0.0544 e. The van der Waals surface area contributed by atoms with Crippen molar-refractivity contribution in [2.24, 2.45) is 0 Å². The Labute approximate surface area is 104 Å². The first-order chi connectivity index (χ1) is 8.34. The van der Waals surface area contributed by atoms with Gasteiger partial charge in [-0.1, -0.05) is 12.5 Å². The van der Waals surface area contributed by atoms with Crippen molar-refractivity contribution < 1.29 is 0 Å². The van der Waals surface area contributed by atoms with E-state index in [1.165, 1.54) is 38.9 Å². The van der Waals surface area contributed by atoms with Crippen molar-refractivity contribution >= 4 is 0 Å². The standard InChI is InChI=1S/C14H23N3/c1-13-6-5-7-14(16-13)12-15-8-11-17-9-3-2-4-10-17/h5-7,15H,2-4,8-12H2,1H3. The van der Waals surface area contributed by atoms with Crippen molar-refractivity contribution in [1.82, 2.24) is 15.2 Å². The van der Waals surface area contributed by atoms with E-state index in [1.54, 1.807) is 0 Å². The minimum absolute atomic E-state index is 0.884. The third-order valence-corrected chi connectivity index (χ3v) is 3.31. The largest absolute Gasteiger partial charge is 0.310 e. The second-order valence-corrected chi connectivity index (χ2v) is 4.85. The minimum atomic E-state index is 0.884. The fourth-order valence-electron chi connectivity index (χ4n) is 2.33. The Hall–Kier alpha value is -0.930. The molecule has 1 N–H and O–H groups in total. The van der Waals surface area contributed by atoms with Gasteiger partial charge in [-0.25, -0.2) is 0 Å². The molecule has 0 unspecified atom stereocenters. The lowest BCUT2D eigenvalue weighted by Crippen LogP contribution is -2.35. The van der Waals surface area contributed by atoms with Crippen LogP contribution in [0.3, 0.4) is 0 Å². The summed E-state index contributed by atoms with van der Waals surface area (Å²) in [5.74, 6) is 0. The summed E-state index contributed by atoms with van der Waals surface area (Å²) in [5, 5.41) is 3.47. The highest BCUT2D eigenvalue weighted by Crippen LogP contribution is 2.07. The summed E-state index contributed by atoms with van der Waals surface area (Å²) in [5.41, 5.74) is 2.24. The molecule has 1 aromatic rings. The molecule has 0 saturated carbocycles. The third kappa shape index (κ3) is 4.44. The molecule has 1 aromatic heterocycles. The molecule has 0 radical (unpaired) electrons. The van der Waals surface area contributed by atoms with Gasteiger partial charge in [0.05, 0.1) is 5.69 Å². The van der Waals surface area contributed by atoms with Crippen LogP contribution in [0.25, 0.3) is 0 Å². The average molecular weight is 233 g/mol. The molecule has 2 heterocycles. The van der Waals surface area contributed by atoms with Gasteiger partial charge in [0, 0.05) is 25.3 Å². The molecule has 1 saturated heterocycles. The van der Waals surface area contributed by atoms with Crippen molar-refractivity contribution in [3.63, 3.8) is 0 Å². The maximum absolute atomic E-state index is 4.48. The SMILES string of the molecule is Cc1cccc(CNCCN2CCCCC2)n1. The fraction of sp³-hybridized carbons (Fsp3) is 0.643. The predicted octanol–water partition coefficient (Wildman–Crippen LogP) is 1.97. The molecular weight excluding hydrogens is 210 g/mol. The third-order valence-electron chi connectivity index (χ3n) is 3.31. The lowest BCUT2D eigenvalue weighted by atomic mass is 10.1. The topological polar surface area (TPSA) is 28.2 Å². The van der Waals surface area contributed by atoms with Gasteiger partial charge in [-0.15, -0.1) is 0 Å². The number of likely N-dealkylation sites (tertiary alicyclic amines) is 1. The highest BCUT2D eigenvalue weighted by Gasteiger charge is 2.08. The first-order valence-electron chi connectivity index (χ1n) is 6.70. The van der Waals surface area contributed by atoms with Crippen LogP contribution in [0.15, 0.2) is 18.2 Å². The molecule has 3 heteroatoms. The van der Waals surface area contributed by atoms with Crippen molar-refractivity contribution in [3.05, 3.63) is 29.6 Å². The molecule has 17 heavy (non-hydrogen) atoms. The Bertz CT molecular complexity index is 332. The van der Waals surface area contributed by atoms with Gasteiger partial charge < -0.3 is 10.2 Å². The van der Waals surface area contributed by atoms with Crippen molar-refractivity contribution in [1.29, 1.82) is 0 Å². The van der Waals surface area contributed by atoms with Crippen LogP contribution in [0, 0.1) is 6.92 Å². The Balaban J connectivity index is 1.62. The number of piperidine rings is 1. The van der Waals surface area contributed by atoms with Crippen molar-refractivity contribution in [2.45, 2.75) is 32.7 Å². The molecule has 0 aliphatic carbocycles. The number of hydrogen-bond acceptors (Lipinski definition) is 3. The summed E-state index contributed by atoms with van der Waals surface area (Å²) >= 11 is 0. The Kier molecular flexibility index (Phi) is 4.95. The lowest BCUT2D eigenvalue weighted by molar-refractivity contribution is 0.229. The van der Waals surface area contributed by atoms with E-state index in [4.69, 9.17) is 0 Å². The smallest absolute Gasteiger partial charge is 0.0544 e. The molecule has 1 aliphatic rings. The summed E-state index contributed by atoms with van der Waals surface area (Å²) in [6.45, 7) is 7.73. The average Bonchev–Trinajstić information content (AvgIpc) is 2.36. The van der Waals surface area contributed by atoms with Gasteiger partial charge in [0.15, 0.2) is 0 Å². The number of aryl methyl sites for hydroxylation is 1. The van der Waals surface area contributed by atoms with Gasteiger partial charge in [-0.3, -0.25) is 4.98 Å². The second kappa shape index (κ2) is 6.72. The van der Waals surface area contributed by atoms with Crippen LogP contribution in [-0.4, -0.2) is 36.1 Å². The highest BCUT2D eigenvalue weighted by molar-refractivity contribution is 5.09. The Morgan fingerprint density at radius 3 is 2.82 bits per heavy atom. The fourth-order valence-corrected chi connectivity index (χ4v) is 2.33. The van der Waals surface area contributed by atoms with Crippen LogP contribution in [-0.2, 0) is 6.54 Å². The van der Waals surface area contributed by atoms with Crippen LogP contribution in [0.2, 0.25) is 0 Å². The van der Waals surface area contributed by atoms with Gasteiger partial charge >= 0.3 is 0 Å². The molecule has 0 amide bonds. The van der Waals surface area contributed by atoms with Crippen LogP contribution in [0.1, 0.15) is 30.7 Å². The van der Waals surface area contributed by atoms with E-state index in [0.717, 1.165) is 24.5 Å². The highest BCUT2D eigenvalue weighted by atomic mass is 15.1. The monoisotopic (exact) mass is 233 g/mol. The number of rotatable bonds is 5. The Morgan fingerprint density at radius 1 is 1.24 bits per heavy atom. The molecule has 2 rings (SSSR count). The molecule has 1 fully saturated rings. The van der Waals surface area contributed by atoms with Gasteiger partial charge in [-0.2, -0.15) is 0 Å². The number of hydrogen-bond donors (Lipinski definition) is 1. The van der Waals surface area contributed by atoms with Crippen LogP contribution in [0.5, 0.6) is 0 Å². The maximum atomic E-state index is 4.48.